The summed E-state index contributed by atoms with van der Waals surface area (Å²) in [6, 6.07) is 11.9. The maximum Gasteiger partial charge on any atom is 0.255 e. The zero-order valence-electron chi connectivity index (χ0n) is 18.0. The van der Waals surface area contributed by atoms with Crippen LogP contribution >= 0.6 is 11.8 Å². The Morgan fingerprint density at radius 3 is 2.67 bits per heavy atom. The van der Waals surface area contributed by atoms with E-state index in [4.69, 9.17) is 4.98 Å². The number of aromatic nitrogens is 2. The van der Waals surface area contributed by atoms with Crippen LogP contribution in [0.15, 0.2) is 41.3 Å². The molecule has 0 aliphatic heterocycles. The lowest BCUT2D eigenvalue weighted by atomic mass is 9.89. The van der Waals surface area contributed by atoms with Crippen molar-refractivity contribution >= 4 is 34.4 Å². The van der Waals surface area contributed by atoms with Gasteiger partial charge in [-0.1, -0.05) is 50.3 Å². The van der Waals surface area contributed by atoms with Gasteiger partial charge >= 0.3 is 0 Å². The summed E-state index contributed by atoms with van der Waals surface area (Å²) in [6.45, 7) is 4.23. The molecule has 0 spiro atoms. The standard InChI is InChI=1S/C25H31N3OS/c1-3-4-14-30-23-16-21-20(26-24(27-21)18-8-6-5-7-9-18)15-22(23)28-25(29)19-12-10-17(2)11-13-19/h10-13,15-16,18H,3-9,14H2,1-2H3,(H,26,27)(H,28,29). The van der Waals surface area contributed by atoms with Crippen molar-refractivity contribution in [1.29, 1.82) is 0 Å². The Morgan fingerprint density at radius 1 is 1.17 bits per heavy atom. The number of fused-ring (bicyclic) bond motifs is 1. The highest BCUT2D eigenvalue weighted by Gasteiger charge is 2.20. The van der Waals surface area contributed by atoms with Crippen molar-refractivity contribution in [2.24, 2.45) is 0 Å². The molecule has 1 aliphatic rings. The van der Waals surface area contributed by atoms with Crippen LogP contribution in [0.1, 0.15) is 79.5 Å². The number of hydrogen-bond acceptors (Lipinski definition) is 3. The molecule has 0 saturated heterocycles. The quantitative estimate of drug-likeness (QED) is 0.317. The van der Waals surface area contributed by atoms with Crippen LogP contribution in [0.5, 0.6) is 0 Å². The van der Waals surface area contributed by atoms with Gasteiger partial charge in [-0.15, -0.1) is 11.8 Å². The lowest BCUT2D eigenvalue weighted by Crippen LogP contribution is -2.12. The first-order valence-corrected chi connectivity index (χ1v) is 12.2. The average Bonchev–Trinajstić information content (AvgIpc) is 3.18. The maximum absolute atomic E-state index is 12.8. The zero-order chi connectivity index (χ0) is 20.9. The molecule has 0 bridgehead atoms. The smallest absolute Gasteiger partial charge is 0.255 e. The number of nitrogens with one attached hydrogen (secondary N) is 2. The molecule has 0 atom stereocenters. The summed E-state index contributed by atoms with van der Waals surface area (Å²) >= 11 is 1.81. The lowest BCUT2D eigenvalue weighted by molar-refractivity contribution is 0.102. The van der Waals surface area contributed by atoms with Crippen molar-refractivity contribution in [3.8, 4) is 0 Å². The van der Waals surface area contributed by atoms with E-state index in [-0.39, 0.29) is 5.91 Å². The Morgan fingerprint density at radius 2 is 1.93 bits per heavy atom. The zero-order valence-corrected chi connectivity index (χ0v) is 18.8. The molecule has 0 radical (unpaired) electrons. The molecule has 4 rings (SSSR count). The maximum atomic E-state index is 12.8. The minimum absolute atomic E-state index is 0.0743. The van der Waals surface area contributed by atoms with Gasteiger partial charge in [0.25, 0.3) is 5.91 Å². The molecule has 1 aromatic heterocycles. The lowest BCUT2D eigenvalue weighted by Gasteiger charge is -2.18. The van der Waals surface area contributed by atoms with Crippen LogP contribution in [0.3, 0.4) is 0 Å². The molecule has 1 heterocycles. The number of H-pyrrole nitrogens is 1. The molecule has 30 heavy (non-hydrogen) atoms. The number of anilines is 1. The van der Waals surface area contributed by atoms with E-state index < -0.39 is 0 Å². The first-order valence-electron chi connectivity index (χ1n) is 11.2. The number of rotatable bonds is 7. The van der Waals surface area contributed by atoms with E-state index >= 15 is 0 Å². The Bertz CT molecular complexity index is 1000. The van der Waals surface area contributed by atoms with Gasteiger partial charge in [-0.05, 0) is 56.2 Å². The van der Waals surface area contributed by atoms with Crippen molar-refractivity contribution < 1.29 is 4.79 Å². The molecule has 1 aliphatic carbocycles. The molecule has 4 nitrogen and oxygen atoms in total. The van der Waals surface area contributed by atoms with Gasteiger partial charge < -0.3 is 10.3 Å². The molecule has 0 unspecified atom stereocenters. The fraction of sp³-hybridized carbons (Fsp3) is 0.440. The van der Waals surface area contributed by atoms with Gasteiger partial charge in [-0.3, -0.25) is 4.79 Å². The van der Waals surface area contributed by atoms with E-state index in [0.29, 0.717) is 11.5 Å². The van der Waals surface area contributed by atoms with Gasteiger partial charge in [-0.25, -0.2) is 4.98 Å². The molecular formula is C25H31N3OS. The van der Waals surface area contributed by atoms with E-state index in [0.717, 1.165) is 51.6 Å². The highest BCUT2D eigenvalue weighted by molar-refractivity contribution is 7.99. The Labute approximate surface area is 183 Å². The normalized spacial score (nSPS) is 14.9. The van der Waals surface area contributed by atoms with Gasteiger partial charge in [0.15, 0.2) is 0 Å². The fourth-order valence-electron chi connectivity index (χ4n) is 4.07. The third-order valence-corrected chi connectivity index (χ3v) is 7.05. The molecule has 2 aromatic carbocycles. The molecular weight excluding hydrogens is 390 g/mol. The summed E-state index contributed by atoms with van der Waals surface area (Å²) in [4.78, 5) is 22.4. The van der Waals surface area contributed by atoms with Crippen LogP contribution in [0.2, 0.25) is 0 Å². The Balaban J connectivity index is 1.63. The second-order valence-electron chi connectivity index (χ2n) is 8.34. The van der Waals surface area contributed by atoms with Gasteiger partial charge in [-0.2, -0.15) is 0 Å². The third-order valence-electron chi connectivity index (χ3n) is 5.91. The van der Waals surface area contributed by atoms with Gasteiger partial charge in [0.2, 0.25) is 0 Å². The number of aryl methyl sites for hydroxylation is 1. The minimum atomic E-state index is -0.0743. The summed E-state index contributed by atoms with van der Waals surface area (Å²) in [5.41, 5.74) is 4.69. The highest BCUT2D eigenvalue weighted by Crippen LogP contribution is 2.35. The molecule has 1 fully saturated rings. The van der Waals surface area contributed by atoms with Gasteiger partial charge in [0, 0.05) is 16.4 Å². The molecule has 1 amide bonds. The van der Waals surface area contributed by atoms with Gasteiger partial charge in [0.1, 0.15) is 5.82 Å². The highest BCUT2D eigenvalue weighted by atomic mass is 32.2. The predicted molar refractivity (Wildman–Crippen MR) is 127 cm³/mol. The third kappa shape index (κ3) is 4.89. The van der Waals surface area contributed by atoms with Crippen LogP contribution in [-0.4, -0.2) is 21.6 Å². The van der Waals surface area contributed by atoms with Crippen molar-refractivity contribution in [3.63, 3.8) is 0 Å². The van der Waals surface area contributed by atoms with Crippen molar-refractivity contribution in [3.05, 3.63) is 53.3 Å². The number of imidazole rings is 1. The van der Waals surface area contributed by atoms with Crippen LogP contribution in [0.4, 0.5) is 5.69 Å². The topological polar surface area (TPSA) is 57.8 Å². The van der Waals surface area contributed by atoms with E-state index in [9.17, 15) is 4.79 Å². The first kappa shape index (κ1) is 21.0. The Hall–Kier alpha value is -2.27. The number of hydrogen-bond donors (Lipinski definition) is 2. The monoisotopic (exact) mass is 421 g/mol. The second kappa shape index (κ2) is 9.69. The fourth-order valence-corrected chi connectivity index (χ4v) is 5.19. The van der Waals surface area contributed by atoms with E-state index in [2.05, 4.69) is 23.3 Å². The number of carbonyl (C=O) groups excluding carboxylic acids is 1. The molecule has 2 N–H and O–H groups in total. The van der Waals surface area contributed by atoms with E-state index in [1.807, 2.05) is 49.0 Å². The first-order chi connectivity index (χ1) is 14.6. The largest absolute Gasteiger partial charge is 0.342 e. The van der Waals surface area contributed by atoms with Crippen LogP contribution in [0.25, 0.3) is 11.0 Å². The number of carbonyl (C=O) groups is 1. The number of amides is 1. The molecule has 158 valence electrons. The van der Waals surface area contributed by atoms with Gasteiger partial charge in [0.05, 0.1) is 16.7 Å². The van der Waals surface area contributed by atoms with E-state index in [1.165, 1.54) is 32.1 Å². The summed E-state index contributed by atoms with van der Waals surface area (Å²) in [5, 5.41) is 3.14. The molecule has 3 aromatic rings. The summed E-state index contributed by atoms with van der Waals surface area (Å²) < 4.78 is 0. The summed E-state index contributed by atoms with van der Waals surface area (Å²) in [7, 11) is 0. The number of thioether (sulfide) groups is 1. The summed E-state index contributed by atoms with van der Waals surface area (Å²) in [5.74, 6) is 2.61. The van der Waals surface area contributed by atoms with Crippen molar-refractivity contribution in [2.45, 2.75) is 69.6 Å². The molecule has 5 heteroatoms. The number of nitrogens with zero attached hydrogens (tertiary/aromatic N) is 1. The second-order valence-corrected chi connectivity index (χ2v) is 9.48. The van der Waals surface area contributed by atoms with Crippen LogP contribution in [-0.2, 0) is 0 Å². The SMILES string of the molecule is CCCCSc1cc2[nH]c(C3CCCCC3)nc2cc1NC(=O)c1ccc(C)cc1. The van der Waals surface area contributed by atoms with Crippen molar-refractivity contribution in [2.75, 3.05) is 11.1 Å². The van der Waals surface area contributed by atoms with Crippen LogP contribution < -0.4 is 5.32 Å². The number of unbranched alkanes of at least 4 members (excludes halogenated alkanes) is 1. The predicted octanol–water partition coefficient (Wildman–Crippen LogP) is 7.06. The Kier molecular flexibility index (Phi) is 6.78. The van der Waals surface area contributed by atoms with Crippen LogP contribution in [0, 0.1) is 6.92 Å². The number of aromatic amines is 1. The average molecular weight is 422 g/mol. The van der Waals surface area contributed by atoms with Crippen molar-refractivity contribution in [1.82, 2.24) is 9.97 Å². The van der Waals surface area contributed by atoms with E-state index in [1.54, 1.807) is 0 Å². The summed E-state index contributed by atoms with van der Waals surface area (Å²) in [6.07, 6.45) is 8.67. The molecule has 1 saturated carbocycles. The minimum Gasteiger partial charge on any atom is -0.342 e. The number of benzene rings is 2.